The maximum absolute atomic E-state index is 5.75. The van der Waals surface area contributed by atoms with Crippen LogP contribution in [0.4, 0.5) is 5.69 Å². The Morgan fingerprint density at radius 3 is 3.15 bits per heavy atom. The highest BCUT2D eigenvalue weighted by Crippen LogP contribution is 2.35. The molecular formula is C15H17N3O2. The Hall–Kier alpha value is -1.88. The van der Waals surface area contributed by atoms with Crippen molar-refractivity contribution < 1.29 is 9.26 Å². The summed E-state index contributed by atoms with van der Waals surface area (Å²) in [5, 5.41) is 7.46. The predicted octanol–water partition coefficient (Wildman–Crippen LogP) is 2.73. The Labute approximate surface area is 117 Å². The number of rotatable bonds is 2. The molecule has 104 valence electrons. The fraction of sp³-hybridized carbons (Fsp3) is 0.467. The van der Waals surface area contributed by atoms with Crippen LogP contribution in [-0.2, 0) is 16.8 Å². The Morgan fingerprint density at radius 1 is 1.35 bits per heavy atom. The summed E-state index contributed by atoms with van der Waals surface area (Å²) in [6.07, 6.45) is 3.04. The van der Waals surface area contributed by atoms with Crippen LogP contribution in [0.25, 0.3) is 11.5 Å². The first-order chi connectivity index (χ1) is 9.74. The van der Waals surface area contributed by atoms with E-state index in [1.54, 1.807) is 0 Å². The molecule has 2 aliphatic heterocycles. The fourth-order valence-corrected chi connectivity index (χ4v) is 2.95. The standard InChI is InChI=1S/C15H17N3O2/c1-15(6-2-8-19-15)14-17-13(20-18-14)11-3-4-12-10(9-11)5-7-16-12/h3-4,9,16H,2,5-8H2,1H3. The highest BCUT2D eigenvalue weighted by Gasteiger charge is 2.36. The minimum Gasteiger partial charge on any atom is -0.384 e. The van der Waals surface area contributed by atoms with Crippen LogP contribution >= 0.6 is 0 Å². The van der Waals surface area contributed by atoms with E-state index in [4.69, 9.17) is 9.26 Å². The Bertz CT molecular complexity index is 644. The average Bonchev–Trinajstić information content (AvgIpc) is 3.18. The summed E-state index contributed by atoms with van der Waals surface area (Å²) in [6, 6.07) is 6.23. The van der Waals surface area contributed by atoms with E-state index in [2.05, 4.69) is 27.6 Å². The zero-order valence-electron chi connectivity index (χ0n) is 11.5. The van der Waals surface area contributed by atoms with Crippen LogP contribution in [0.2, 0.25) is 0 Å². The van der Waals surface area contributed by atoms with Gasteiger partial charge in [-0.05, 0) is 49.9 Å². The molecule has 2 aliphatic rings. The van der Waals surface area contributed by atoms with Crippen molar-refractivity contribution in [1.82, 2.24) is 10.1 Å². The third kappa shape index (κ3) is 1.81. The van der Waals surface area contributed by atoms with Gasteiger partial charge in [-0.2, -0.15) is 4.98 Å². The summed E-state index contributed by atoms with van der Waals surface area (Å²) in [6.45, 7) is 3.80. The van der Waals surface area contributed by atoms with Gasteiger partial charge in [0.05, 0.1) is 0 Å². The van der Waals surface area contributed by atoms with Gasteiger partial charge in [0.15, 0.2) is 0 Å². The van der Waals surface area contributed by atoms with Gasteiger partial charge in [0.2, 0.25) is 5.82 Å². The molecule has 5 nitrogen and oxygen atoms in total. The van der Waals surface area contributed by atoms with Crippen molar-refractivity contribution in [2.24, 2.45) is 0 Å². The van der Waals surface area contributed by atoms with Gasteiger partial charge in [-0.15, -0.1) is 0 Å². The van der Waals surface area contributed by atoms with Crippen molar-refractivity contribution in [3.63, 3.8) is 0 Å². The molecule has 0 amide bonds. The maximum atomic E-state index is 5.75. The molecule has 2 aromatic rings. The molecule has 1 aromatic carbocycles. The van der Waals surface area contributed by atoms with Crippen LogP contribution in [0, 0.1) is 0 Å². The second-order valence-corrected chi connectivity index (χ2v) is 5.65. The van der Waals surface area contributed by atoms with Crippen molar-refractivity contribution in [2.45, 2.75) is 31.8 Å². The minimum atomic E-state index is -0.389. The highest BCUT2D eigenvalue weighted by atomic mass is 16.5. The van der Waals surface area contributed by atoms with E-state index in [0.29, 0.717) is 11.7 Å². The van der Waals surface area contributed by atoms with E-state index in [9.17, 15) is 0 Å². The third-order valence-electron chi connectivity index (χ3n) is 4.18. The second-order valence-electron chi connectivity index (χ2n) is 5.65. The van der Waals surface area contributed by atoms with Crippen LogP contribution < -0.4 is 5.32 Å². The molecular weight excluding hydrogens is 254 g/mol. The number of aromatic nitrogens is 2. The zero-order valence-corrected chi connectivity index (χ0v) is 11.5. The Kier molecular flexibility index (Phi) is 2.57. The molecule has 0 spiro atoms. The smallest absolute Gasteiger partial charge is 0.258 e. The van der Waals surface area contributed by atoms with E-state index in [1.807, 2.05) is 13.0 Å². The topological polar surface area (TPSA) is 60.2 Å². The zero-order chi connectivity index (χ0) is 13.6. The van der Waals surface area contributed by atoms with Crippen molar-refractivity contribution in [3.05, 3.63) is 29.6 Å². The Morgan fingerprint density at radius 2 is 2.30 bits per heavy atom. The normalized spacial score (nSPS) is 24.6. The number of nitrogens with one attached hydrogen (secondary N) is 1. The number of hydrogen-bond acceptors (Lipinski definition) is 5. The van der Waals surface area contributed by atoms with Gasteiger partial charge in [-0.3, -0.25) is 0 Å². The highest BCUT2D eigenvalue weighted by molar-refractivity contribution is 5.65. The first-order valence-corrected chi connectivity index (χ1v) is 7.10. The molecule has 1 aromatic heterocycles. The SMILES string of the molecule is CC1(c2noc(-c3ccc4c(c3)CCN4)n2)CCCO1. The first kappa shape index (κ1) is 11.9. The number of ether oxygens (including phenoxy) is 1. The van der Waals surface area contributed by atoms with Gasteiger partial charge in [0.25, 0.3) is 5.89 Å². The largest absolute Gasteiger partial charge is 0.384 e. The monoisotopic (exact) mass is 271 g/mol. The summed E-state index contributed by atoms with van der Waals surface area (Å²) < 4.78 is 11.2. The van der Waals surface area contributed by atoms with Crippen molar-refractivity contribution in [2.75, 3.05) is 18.5 Å². The molecule has 0 bridgehead atoms. The molecule has 1 atom stereocenters. The predicted molar refractivity (Wildman–Crippen MR) is 74.5 cm³/mol. The van der Waals surface area contributed by atoms with Gasteiger partial charge in [-0.1, -0.05) is 5.16 Å². The van der Waals surface area contributed by atoms with E-state index in [1.165, 1.54) is 11.3 Å². The molecule has 0 aliphatic carbocycles. The minimum absolute atomic E-state index is 0.389. The van der Waals surface area contributed by atoms with E-state index >= 15 is 0 Å². The van der Waals surface area contributed by atoms with Crippen LogP contribution in [0.3, 0.4) is 0 Å². The van der Waals surface area contributed by atoms with Crippen LogP contribution in [0.1, 0.15) is 31.2 Å². The summed E-state index contributed by atoms with van der Waals surface area (Å²) in [5.74, 6) is 1.23. The summed E-state index contributed by atoms with van der Waals surface area (Å²) in [5.41, 5.74) is 3.11. The van der Waals surface area contributed by atoms with Gasteiger partial charge >= 0.3 is 0 Å². The molecule has 1 saturated heterocycles. The summed E-state index contributed by atoms with van der Waals surface area (Å²) in [4.78, 5) is 4.54. The number of benzene rings is 1. The molecule has 20 heavy (non-hydrogen) atoms. The molecule has 5 heteroatoms. The first-order valence-electron chi connectivity index (χ1n) is 7.10. The molecule has 0 radical (unpaired) electrons. The third-order valence-corrected chi connectivity index (χ3v) is 4.18. The van der Waals surface area contributed by atoms with Crippen molar-refractivity contribution >= 4 is 5.69 Å². The number of hydrogen-bond donors (Lipinski definition) is 1. The molecule has 3 heterocycles. The lowest BCUT2D eigenvalue weighted by Gasteiger charge is -2.17. The van der Waals surface area contributed by atoms with Crippen molar-refractivity contribution in [3.8, 4) is 11.5 Å². The second kappa shape index (κ2) is 4.31. The fourth-order valence-electron chi connectivity index (χ4n) is 2.95. The molecule has 1 N–H and O–H groups in total. The molecule has 1 fully saturated rings. The van der Waals surface area contributed by atoms with Crippen molar-refractivity contribution in [1.29, 1.82) is 0 Å². The van der Waals surface area contributed by atoms with E-state index < -0.39 is 0 Å². The Balaban J connectivity index is 1.68. The lowest BCUT2D eigenvalue weighted by atomic mass is 10.0. The lowest BCUT2D eigenvalue weighted by Crippen LogP contribution is -2.21. The van der Waals surface area contributed by atoms with Gasteiger partial charge in [-0.25, -0.2) is 0 Å². The number of nitrogens with zero attached hydrogens (tertiary/aromatic N) is 2. The summed E-state index contributed by atoms with van der Waals surface area (Å²) >= 11 is 0. The average molecular weight is 271 g/mol. The molecule has 4 rings (SSSR count). The van der Waals surface area contributed by atoms with E-state index in [0.717, 1.165) is 38.0 Å². The molecule has 0 saturated carbocycles. The van der Waals surface area contributed by atoms with Gasteiger partial charge in [0.1, 0.15) is 5.60 Å². The summed E-state index contributed by atoms with van der Waals surface area (Å²) in [7, 11) is 0. The van der Waals surface area contributed by atoms with Gasteiger partial charge in [0, 0.05) is 24.4 Å². The lowest BCUT2D eigenvalue weighted by molar-refractivity contribution is 0.00768. The number of anilines is 1. The van der Waals surface area contributed by atoms with Crippen LogP contribution in [0.5, 0.6) is 0 Å². The van der Waals surface area contributed by atoms with E-state index in [-0.39, 0.29) is 5.60 Å². The van der Waals surface area contributed by atoms with Crippen LogP contribution in [0.15, 0.2) is 22.7 Å². The van der Waals surface area contributed by atoms with Crippen LogP contribution in [-0.4, -0.2) is 23.3 Å². The quantitative estimate of drug-likeness (QED) is 0.910. The van der Waals surface area contributed by atoms with Gasteiger partial charge < -0.3 is 14.6 Å². The maximum Gasteiger partial charge on any atom is 0.258 e. The molecule has 1 unspecified atom stereocenters. The number of fused-ring (bicyclic) bond motifs is 1.